The second kappa shape index (κ2) is 4.27. The Labute approximate surface area is 84.6 Å². The molecular weight excluding hydrogens is 176 g/mol. The van der Waals surface area contributed by atoms with Crippen molar-refractivity contribution in [1.82, 2.24) is 0 Å². The van der Waals surface area contributed by atoms with Crippen LogP contribution in [0.2, 0.25) is 0 Å². The Balaban J connectivity index is 2.91. The lowest BCUT2D eigenvalue weighted by Gasteiger charge is -2.25. The first kappa shape index (κ1) is 10.8. The van der Waals surface area contributed by atoms with Crippen LogP contribution in [0.5, 0.6) is 0 Å². The summed E-state index contributed by atoms with van der Waals surface area (Å²) in [6, 6.07) is 0. The third-order valence-electron chi connectivity index (χ3n) is 2.52. The highest BCUT2D eigenvalue weighted by Gasteiger charge is 2.33. The highest BCUT2D eigenvalue weighted by molar-refractivity contribution is 5.80. The lowest BCUT2D eigenvalue weighted by atomic mass is 9.78. The number of carboxylic acid groups (broad SMARTS) is 1. The highest BCUT2D eigenvalue weighted by atomic mass is 16.4. The van der Waals surface area contributed by atoms with E-state index in [2.05, 4.69) is 6.58 Å². The molecule has 0 aromatic heterocycles. The van der Waals surface area contributed by atoms with Crippen LogP contribution in [0.4, 0.5) is 0 Å². The van der Waals surface area contributed by atoms with E-state index in [1.54, 1.807) is 12.2 Å². The van der Waals surface area contributed by atoms with Gasteiger partial charge in [-0.2, -0.15) is 0 Å². The normalized spacial score (nSPS) is 25.6. The second-order valence-electron chi connectivity index (χ2n) is 3.77. The molecule has 0 heterocycles. The quantitative estimate of drug-likeness (QED) is 0.695. The van der Waals surface area contributed by atoms with Gasteiger partial charge in [-0.15, -0.1) is 6.58 Å². The molecule has 0 bridgehead atoms. The van der Waals surface area contributed by atoms with Crippen LogP contribution in [0.1, 0.15) is 26.2 Å². The molecule has 0 fully saturated rings. The van der Waals surface area contributed by atoms with Crippen molar-refractivity contribution >= 4 is 5.97 Å². The first-order valence-corrected chi connectivity index (χ1v) is 4.81. The SMILES string of the molecule is C=CCCC1(C(=O)O)C=CCC(C)=C1. The molecule has 0 radical (unpaired) electrons. The summed E-state index contributed by atoms with van der Waals surface area (Å²) in [6.45, 7) is 5.58. The van der Waals surface area contributed by atoms with E-state index in [4.69, 9.17) is 0 Å². The number of hydrogen-bond acceptors (Lipinski definition) is 1. The van der Waals surface area contributed by atoms with Crippen LogP contribution in [-0.4, -0.2) is 11.1 Å². The van der Waals surface area contributed by atoms with Crippen LogP contribution in [0.25, 0.3) is 0 Å². The largest absolute Gasteiger partial charge is 0.480 e. The Morgan fingerprint density at radius 3 is 3.00 bits per heavy atom. The standard InChI is InChI=1S/C12H16O2/c1-3-4-7-12(11(13)14)8-5-6-10(2)9-12/h3,5,8-9H,1,4,6-7H2,2H3,(H,13,14). The molecule has 1 rings (SSSR count). The number of carboxylic acids is 1. The molecule has 1 unspecified atom stereocenters. The topological polar surface area (TPSA) is 37.3 Å². The van der Waals surface area contributed by atoms with Gasteiger partial charge >= 0.3 is 5.97 Å². The maximum absolute atomic E-state index is 11.2. The molecule has 1 N–H and O–H groups in total. The summed E-state index contributed by atoms with van der Waals surface area (Å²) in [5.41, 5.74) is 0.329. The number of aliphatic carboxylic acids is 1. The molecule has 0 saturated carbocycles. The molecule has 0 spiro atoms. The van der Waals surface area contributed by atoms with E-state index in [9.17, 15) is 9.90 Å². The summed E-state index contributed by atoms with van der Waals surface area (Å²) in [5, 5.41) is 9.20. The number of hydrogen-bond donors (Lipinski definition) is 1. The molecule has 1 aliphatic rings. The van der Waals surface area contributed by atoms with Crippen molar-refractivity contribution in [3.63, 3.8) is 0 Å². The van der Waals surface area contributed by atoms with E-state index in [0.717, 1.165) is 18.4 Å². The van der Waals surface area contributed by atoms with Crippen molar-refractivity contribution in [2.75, 3.05) is 0 Å². The second-order valence-corrected chi connectivity index (χ2v) is 3.77. The van der Waals surface area contributed by atoms with Gasteiger partial charge in [0.05, 0.1) is 0 Å². The van der Waals surface area contributed by atoms with Gasteiger partial charge in [0.15, 0.2) is 0 Å². The fourth-order valence-electron chi connectivity index (χ4n) is 1.74. The van der Waals surface area contributed by atoms with Gasteiger partial charge in [-0.05, 0) is 26.2 Å². The highest BCUT2D eigenvalue weighted by Crippen LogP contribution is 2.33. The van der Waals surface area contributed by atoms with Gasteiger partial charge in [0.1, 0.15) is 5.41 Å². The first-order valence-electron chi connectivity index (χ1n) is 4.81. The summed E-state index contributed by atoms with van der Waals surface area (Å²) < 4.78 is 0. The van der Waals surface area contributed by atoms with Crippen molar-refractivity contribution in [3.05, 3.63) is 36.5 Å². The minimum absolute atomic E-state index is 0.597. The van der Waals surface area contributed by atoms with E-state index in [0.29, 0.717) is 6.42 Å². The van der Waals surface area contributed by atoms with Crippen molar-refractivity contribution < 1.29 is 9.90 Å². The zero-order valence-corrected chi connectivity index (χ0v) is 8.49. The Kier molecular flexibility index (Phi) is 3.28. The van der Waals surface area contributed by atoms with Gasteiger partial charge in [0, 0.05) is 0 Å². The van der Waals surface area contributed by atoms with Crippen LogP contribution in [0, 0.1) is 5.41 Å². The van der Waals surface area contributed by atoms with Gasteiger partial charge < -0.3 is 5.11 Å². The van der Waals surface area contributed by atoms with Crippen molar-refractivity contribution in [2.24, 2.45) is 5.41 Å². The molecule has 76 valence electrons. The van der Waals surface area contributed by atoms with E-state index in [-0.39, 0.29) is 0 Å². The van der Waals surface area contributed by atoms with Gasteiger partial charge in [-0.25, -0.2) is 0 Å². The molecule has 0 aromatic rings. The number of carbonyl (C=O) groups is 1. The summed E-state index contributed by atoms with van der Waals surface area (Å²) in [5.74, 6) is -0.769. The Bertz CT molecular complexity index is 299. The fraction of sp³-hybridized carbons (Fsp3) is 0.417. The summed E-state index contributed by atoms with van der Waals surface area (Å²) in [6.07, 6.45) is 9.54. The molecule has 0 amide bonds. The molecule has 2 nitrogen and oxygen atoms in total. The molecule has 0 aromatic carbocycles. The zero-order chi connectivity index (χ0) is 10.6. The van der Waals surface area contributed by atoms with Gasteiger partial charge in [0.2, 0.25) is 0 Å². The summed E-state index contributed by atoms with van der Waals surface area (Å²) in [7, 11) is 0. The minimum Gasteiger partial charge on any atom is -0.480 e. The van der Waals surface area contributed by atoms with E-state index < -0.39 is 11.4 Å². The van der Waals surface area contributed by atoms with Crippen LogP contribution in [-0.2, 0) is 4.79 Å². The maximum Gasteiger partial charge on any atom is 0.317 e. The molecule has 0 saturated heterocycles. The third-order valence-corrected chi connectivity index (χ3v) is 2.52. The van der Waals surface area contributed by atoms with Crippen LogP contribution >= 0.6 is 0 Å². The smallest absolute Gasteiger partial charge is 0.317 e. The predicted molar refractivity (Wildman–Crippen MR) is 57.0 cm³/mol. The van der Waals surface area contributed by atoms with E-state index in [1.165, 1.54) is 0 Å². The molecular formula is C12H16O2. The maximum atomic E-state index is 11.2. The average Bonchev–Trinajstić information content (AvgIpc) is 2.14. The number of rotatable bonds is 4. The Hall–Kier alpha value is -1.31. The lowest BCUT2D eigenvalue weighted by molar-refractivity contribution is -0.143. The van der Waals surface area contributed by atoms with Gasteiger partial charge in [0.25, 0.3) is 0 Å². The predicted octanol–water partition coefficient (Wildman–Crippen LogP) is 2.93. The number of allylic oxidation sites excluding steroid dienone is 3. The van der Waals surface area contributed by atoms with Crippen molar-refractivity contribution in [3.8, 4) is 0 Å². The fourth-order valence-corrected chi connectivity index (χ4v) is 1.74. The Morgan fingerprint density at radius 2 is 2.50 bits per heavy atom. The van der Waals surface area contributed by atoms with Crippen LogP contribution < -0.4 is 0 Å². The van der Waals surface area contributed by atoms with Gasteiger partial charge in [-0.1, -0.05) is 29.9 Å². The lowest BCUT2D eigenvalue weighted by Crippen LogP contribution is -2.28. The van der Waals surface area contributed by atoms with Crippen molar-refractivity contribution in [1.29, 1.82) is 0 Å². The molecule has 1 aliphatic carbocycles. The third kappa shape index (κ3) is 2.13. The minimum atomic E-state index is -0.795. The summed E-state index contributed by atoms with van der Waals surface area (Å²) in [4.78, 5) is 11.2. The molecule has 1 atom stereocenters. The summed E-state index contributed by atoms with van der Waals surface area (Å²) >= 11 is 0. The van der Waals surface area contributed by atoms with E-state index >= 15 is 0 Å². The molecule has 2 heteroatoms. The average molecular weight is 192 g/mol. The van der Waals surface area contributed by atoms with Crippen LogP contribution in [0.3, 0.4) is 0 Å². The van der Waals surface area contributed by atoms with Crippen LogP contribution in [0.15, 0.2) is 36.5 Å². The van der Waals surface area contributed by atoms with Gasteiger partial charge in [-0.3, -0.25) is 4.79 Å². The monoisotopic (exact) mass is 192 g/mol. The van der Waals surface area contributed by atoms with E-state index in [1.807, 2.05) is 19.1 Å². The molecule has 14 heavy (non-hydrogen) atoms. The Morgan fingerprint density at radius 1 is 1.79 bits per heavy atom. The molecule has 0 aliphatic heterocycles. The first-order chi connectivity index (χ1) is 6.60. The van der Waals surface area contributed by atoms with Crippen molar-refractivity contribution in [2.45, 2.75) is 26.2 Å². The zero-order valence-electron chi connectivity index (χ0n) is 8.49.